The molecule has 2 aliphatic rings. The second-order valence-electron chi connectivity index (χ2n) is 6.21. The maximum Gasteiger partial charge on any atom is 0.0233 e. The van der Waals surface area contributed by atoms with E-state index in [4.69, 9.17) is 0 Å². The summed E-state index contributed by atoms with van der Waals surface area (Å²) in [7, 11) is 2.28. The maximum absolute atomic E-state index is 3.48. The van der Waals surface area contributed by atoms with Gasteiger partial charge in [-0.15, -0.1) is 0 Å². The minimum absolute atomic E-state index is 0.695. The topological polar surface area (TPSA) is 15.3 Å². The van der Waals surface area contributed by atoms with E-state index in [9.17, 15) is 0 Å². The van der Waals surface area contributed by atoms with Gasteiger partial charge in [0, 0.05) is 12.6 Å². The van der Waals surface area contributed by atoms with E-state index in [1.165, 1.54) is 44.3 Å². The van der Waals surface area contributed by atoms with Crippen LogP contribution in [-0.4, -0.2) is 31.1 Å². The van der Waals surface area contributed by atoms with Gasteiger partial charge in [-0.05, 0) is 56.8 Å². The first kappa shape index (κ1) is 12.2. The lowest BCUT2D eigenvalue weighted by Gasteiger charge is -2.53. The van der Waals surface area contributed by atoms with Crippen LogP contribution in [0.25, 0.3) is 0 Å². The summed E-state index contributed by atoms with van der Waals surface area (Å²) in [5.74, 6) is 0. The lowest BCUT2D eigenvalue weighted by atomic mass is 9.60. The van der Waals surface area contributed by atoms with Crippen LogP contribution in [0.5, 0.6) is 0 Å². The Morgan fingerprint density at radius 3 is 2.50 bits per heavy atom. The predicted octanol–water partition coefficient (Wildman–Crippen LogP) is 2.65. The van der Waals surface area contributed by atoms with Crippen molar-refractivity contribution in [3.8, 4) is 0 Å². The van der Waals surface area contributed by atoms with E-state index >= 15 is 0 Å². The molecule has 1 aromatic rings. The zero-order chi connectivity index (χ0) is 12.4. The molecule has 0 unspecified atom stereocenters. The highest BCUT2D eigenvalue weighted by Crippen LogP contribution is 2.49. The molecule has 1 saturated carbocycles. The molecule has 0 amide bonds. The highest BCUT2D eigenvalue weighted by molar-refractivity contribution is 5.15. The number of hydrogen-bond donors (Lipinski definition) is 1. The summed E-state index contributed by atoms with van der Waals surface area (Å²) in [6.07, 6.45) is 5.61. The number of nitrogens with zero attached hydrogens (tertiary/aromatic N) is 1. The largest absolute Gasteiger partial charge is 0.317 e. The third-order valence-corrected chi connectivity index (χ3v) is 4.90. The Bertz CT molecular complexity index is 373. The van der Waals surface area contributed by atoms with Crippen molar-refractivity contribution in [2.75, 3.05) is 20.1 Å². The Balaban J connectivity index is 1.52. The van der Waals surface area contributed by atoms with E-state index < -0.39 is 0 Å². The Morgan fingerprint density at radius 1 is 1.17 bits per heavy atom. The summed E-state index contributed by atoms with van der Waals surface area (Å²) >= 11 is 0. The van der Waals surface area contributed by atoms with Crippen LogP contribution in [-0.2, 0) is 6.54 Å². The quantitative estimate of drug-likeness (QED) is 0.879. The Labute approximate surface area is 110 Å². The molecule has 1 spiro atoms. The lowest BCUT2D eigenvalue weighted by Crippen LogP contribution is -2.53. The van der Waals surface area contributed by atoms with Crippen LogP contribution in [0.15, 0.2) is 30.3 Å². The molecule has 1 saturated heterocycles. The fraction of sp³-hybridized carbons (Fsp3) is 0.625. The summed E-state index contributed by atoms with van der Waals surface area (Å²) in [4.78, 5) is 2.54. The number of nitrogens with one attached hydrogen (secondary N) is 1. The zero-order valence-electron chi connectivity index (χ0n) is 11.4. The number of hydrogen-bond acceptors (Lipinski definition) is 2. The molecule has 2 nitrogen and oxygen atoms in total. The molecule has 1 aromatic carbocycles. The fourth-order valence-corrected chi connectivity index (χ4v) is 3.62. The molecule has 98 valence electrons. The molecule has 3 rings (SSSR count). The van der Waals surface area contributed by atoms with Crippen molar-refractivity contribution < 1.29 is 0 Å². The van der Waals surface area contributed by atoms with Crippen molar-refractivity contribution in [2.45, 2.75) is 38.3 Å². The van der Waals surface area contributed by atoms with Crippen molar-refractivity contribution in [3.63, 3.8) is 0 Å². The van der Waals surface area contributed by atoms with Gasteiger partial charge in [0.2, 0.25) is 0 Å². The van der Waals surface area contributed by atoms with Gasteiger partial charge in [-0.3, -0.25) is 4.90 Å². The molecule has 0 aromatic heterocycles. The van der Waals surface area contributed by atoms with Crippen molar-refractivity contribution in [1.82, 2.24) is 10.2 Å². The van der Waals surface area contributed by atoms with E-state index in [1.54, 1.807) is 0 Å². The van der Waals surface area contributed by atoms with E-state index in [2.05, 4.69) is 47.6 Å². The molecule has 1 aliphatic carbocycles. The summed E-state index contributed by atoms with van der Waals surface area (Å²) in [5, 5.41) is 3.48. The SMILES string of the molecule is CN(Cc1ccccc1)C1CC2(CCNCC2)C1. The summed E-state index contributed by atoms with van der Waals surface area (Å²) < 4.78 is 0. The standard InChI is InChI=1S/C16H24N2/c1-18(13-14-5-3-2-4-6-14)15-11-16(12-15)7-9-17-10-8-16/h2-6,15,17H,7-13H2,1H3. The van der Waals surface area contributed by atoms with Gasteiger partial charge < -0.3 is 5.32 Å². The zero-order valence-corrected chi connectivity index (χ0v) is 11.4. The van der Waals surface area contributed by atoms with Crippen LogP contribution in [0.3, 0.4) is 0 Å². The van der Waals surface area contributed by atoms with Crippen LogP contribution < -0.4 is 5.32 Å². The van der Waals surface area contributed by atoms with Crippen molar-refractivity contribution >= 4 is 0 Å². The minimum atomic E-state index is 0.695. The second kappa shape index (κ2) is 5.02. The average molecular weight is 244 g/mol. The van der Waals surface area contributed by atoms with Crippen LogP contribution >= 0.6 is 0 Å². The van der Waals surface area contributed by atoms with Gasteiger partial charge in [0.15, 0.2) is 0 Å². The van der Waals surface area contributed by atoms with Crippen LogP contribution in [0.4, 0.5) is 0 Å². The normalized spacial score (nSPS) is 23.2. The van der Waals surface area contributed by atoms with Crippen LogP contribution in [0.2, 0.25) is 0 Å². The molecular formula is C16H24N2. The number of piperidine rings is 1. The molecule has 2 fully saturated rings. The first-order valence-electron chi connectivity index (χ1n) is 7.22. The monoisotopic (exact) mass is 244 g/mol. The van der Waals surface area contributed by atoms with Gasteiger partial charge >= 0.3 is 0 Å². The predicted molar refractivity (Wildman–Crippen MR) is 75.5 cm³/mol. The van der Waals surface area contributed by atoms with Crippen molar-refractivity contribution in [1.29, 1.82) is 0 Å². The maximum atomic E-state index is 3.48. The highest BCUT2D eigenvalue weighted by Gasteiger charge is 2.45. The molecule has 1 heterocycles. The van der Waals surface area contributed by atoms with E-state index in [1.807, 2.05) is 0 Å². The molecule has 0 radical (unpaired) electrons. The van der Waals surface area contributed by atoms with Gasteiger partial charge in [0.1, 0.15) is 0 Å². The van der Waals surface area contributed by atoms with Crippen LogP contribution in [0.1, 0.15) is 31.2 Å². The van der Waals surface area contributed by atoms with E-state index in [0.717, 1.165) is 12.6 Å². The summed E-state index contributed by atoms with van der Waals surface area (Å²) in [6.45, 7) is 3.56. The highest BCUT2D eigenvalue weighted by atomic mass is 15.1. The number of benzene rings is 1. The van der Waals surface area contributed by atoms with Gasteiger partial charge in [0.05, 0.1) is 0 Å². The van der Waals surface area contributed by atoms with Crippen molar-refractivity contribution in [2.24, 2.45) is 5.41 Å². The summed E-state index contributed by atoms with van der Waals surface area (Å²) in [5.41, 5.74) is 2.13. The van der Waals surface area contributed by atoms with Gasteiger partial charge in [-0.2, -0.15) is 0 Å². The third-order valence-electron chi connectivity index (χ3n) is 4.90. The molecule has 1 aliphatic heterocycles. The molecular weight excluding hydrogens is 220 g/mol. The minimum Gasteiger partial charge on any atom is -0.317 e. The Morgan fingerprint density at radius 2 is 1.83 bits per heavy atom. The lowest BCUT2D eigenvalue weighted by molar-refractivity contribution is -0.0130. The van der Waals surface area contributed by atoms with Gasteiger partial charge in [-0.1, -0.05) is 30.3 Å². The fourth-order valence-electron chi connectivity index (χ4n) is 3.62. The van der Waals surface area contributed by atoms with Crippen LogP contribution in [0, 0.1) is 5.41 Å². The first-order chi connectivity index (χ1) is 8.77. The first-order valence-corrected chi connectivity index (χ1v) is 7.22. The van der Waals surface area contributed by atoms with Crippen molar-refractivity contribution in [3.05, 3.63) is 35.9 Å². The molecule has 2 heteroatoms. The number of rotatable bonds is 3. The molecule has 18 heavy (non-hydrogen) atoms. The second-order valence-corrected chi connectivity index (χ2v) is 6.21. The van der Waals surface area contributed by atoms with Gasteiger partial charge in [0.25, 0.3) is 0 Å². The van der Waals surface area contributed by atoms with Gasteiger partial charge in [-0.25, -0.2) is 0 Å². The summed E-state index contributed by atoms with van der Waals surface area (Å²) in [6, 6.07) is 11.6. The Kier molecular flexibility index (Phi) is 3.40. The van der Waals surface area contributed by atoms with E-state index in [-0.39, 0.29) is 0 Å². The third kappa shape index (κ3) is 2.45. The smallest absolute Gasteiger partial charge is 0.0233 e. The average Bonchev–Trinajstić information content (AvgIpc) is 2.38. The molecule has 0 atom stereocenters. The van der Waals surface area contributed by atoms with E-state index in [0.29, 0.717) is 5.41 Å². The molecule has 0 bridgehead atoms. The molecule has 1 N–H and O–H groups in total. The Hall–Kier alpha value is -0.860.